The van der Waals surface area contributed by atoms with Gasteiger partial charge in [0.05, 0.1) is 31.7 Å². The Balaban J connectivity index is 1.87. The number of aryl methyl sites for hydroxylation is 1. The summed E-state index contributed by atoms with van der Waals surface area (Å²) in [4.78, 5) is 16.7. The number of carbonyl (C=O) groups is 1. The number of anilines is 1. The SMILES string of the molecule is COc1cccc(-c2nc(C(=O)Nc3cnn(C)c3)cs2)c1OC. The van der Waals surface area contributed by atoms with E-state index in [1.807, 2.05) is 18.2 Å². The van der Waals surface area contributed by atoms with Gasteiger partial charge in [0, 0.05) is 18.6 Å². The first-order valence-electron chi connectivity index (χ1n) is 7.09. The molecule has 24 heavy (non-hydrogen) atoms. The third-order valence-electron chi connectivity index (χ3n) is 3.33. The molecule has 0 aliphatic rings. The summed E-state index contributed by atoms with van der Waals surface area (Å²) >= 11 is 1.37. The van der Waals surface area contributed by atoms with Gasteiger partial charge in [-0.3, -0.25) is 9.48 Å². The normalized spacial score (nSPS) is 10.5. The Morgan fingerprint density at radius 2 is 2.12 bits per heavy atom. The molecule has 124 valence electrons. The number of amides is 1. The predicted octanol–water partition coefficient (Wildman–Crippen LogP) is 2.81. The molecule has 0 unspecified atom stereocenters. The minimum Gasteiger partial charge on any atom is -0.493 e. The van der Waals surface area contributed by atoms with Crippen molar-refractivity contribution in [1.29, 1.82) is 0 Å². The molecule has 2 aromatic heterocycles. The maximum Gasteiger partial charge on any atom is 0.275 e. The van der Waals surface area contributed by atoms with Crippen LogP contribution in [-0.4, -0.2) is 34.9 Å². The van der Waals surface area contributed by atoms with Crippen LogP contribution in [0, 0.1) is 0 Å². The van der Waals surface area contributed by atoms with Crippen molar-refractivity contribution in [2.75, 3.05) is 19.5 Å². The second-order valence-corrected chi connectivity index (χ2v) is 5.79. The molecule has 1 aromatic carbocycles. The number of nitrogens with one attached hydrogen (secondary N) is 1. The molecule has 1 N–H and O–H groups in total. The Kier molecular flexibility index (Phi) is 4.48. The van der Waals surface area contributed by atoms with Crippen LogP contribution in [0.5, 0.6) is 11.5 Å². The molecule has 0 saturated heterocycles. The van der Waals surface area contributed by atoms with Gasteiger partial charge >= 0.3 is 0 Å². The first-order chi connectivity index (χ1) is 11.6. The van der Waals surface area contributed by atoms with E-state index in [-0.39, 0.29) is 5.91 Å². The molecule has 8 heteroatoms. The van der Waals surface area contributed by atoms with Gasteiger partial charge in [0.25, 0.3) is 5.91 Å². The van der Waals surface area contributed by atoms with E-state index >= 15 is 0 Å². The van der Waals surface area contributed by atoms with E-state index in [4.69, 9.17) is 9.47 Å². The molecule has 7 nitrogen and oxygen atoms in total. The second kappa shape index (κ2) is 6.71. The lowest BCUT2D eigenvalue weighted by atomic mass is 10.2. The van der Waals surface area contributed by atoms with Crippen molar-refractivity contribution >= 4 is 22.9 Å². The average Bonchev–Trinajstić information content (AvgIpc) is 3.23. The molecule has 3 aromatic rings. The molecule has 0 bridgehead atoms. The van der Waals surface area contributed by atoms with Crippen LogP contribution in [0.15, 0.2) is 36.0 Å². The average molecular weight is 344 g/mol. The standard InChI is InChI=1S/C16H16N4O3S/c1-20-8-10(7-17-20)18-15(21)12-9-24-16(19-12)11-5-4-6-13(22-2)14(11)23-3/h4-9H,1-3H3,(H,18,21). The van der Waals surface area contributed by atoms with Crippen LogP contribution in [-0.2, 0) is 7.05 Å². The van der Waals surface area contributed by atoms with Gasteiger partial charge in [-0.05, 0) is 12.1 Å². The molecule has 1 amide bonds. The van der Waals surface area contributed by atoms with E-state index in [1.165, 1.54) is 11.3 Å². The van der Waals surface area contributed by atoms with Gasteiger partial charge in [0.15, 0.2) is 11.5 Å². The van der Waals surface area contributed by atoms with Gasteiger partial charge in [-0.15, -0.1) is 11.3 Å². The first kappa shape index (κ1) is 16.0. The van der Waals surface area contributed by atoms with Gasteiger partial charge in [0.1, 0.15) is 10.7 Å². The van der Waals surface area contributed by atoms with Crippen molar-refractivity contribution in [3.8, 4) is 22.1 Å². The number of carbonyl (C=O) groups excluding carboxylic acids is 1. The Hall–Kier alpha value is -2.87. The van der Waals surface area contributed by atoms with Crippen LogP contribution in [0.3, 0.4) is 0 Å². The predicted molar refractivity (Wildman–Crippen MR) is 91.8 cm³/mol. The molecule has 0 atom stereocenters. The molecule has 3 rings (SSSR count). The highest BCUT2D eigenvalue weighted by Gasteiger charge is 2.17. The zero-order valence-electron chi connectivity index (χ0n) is 13.4. The first-order valence-corrected chi connectivity index (χ1v) is 7.97. The quantitative estimate of drug-likeness (QED) is 0.770. The number of hydrogen-bond donors (Lipinski definition) is 1. The van der Waals surface area contributed by atoms with Gasteiger partial charge in [-0.25, -0.2) is 4.98 Å². The lowest BCUT2D eigenvalue weighted by Crippen LogP contribution is -2.11. The Bertz CT molecular complexity index is 872. The monoisotopic (exact) mass is 344 g/mol. The Morgan fingerprint density at radius 1 is 1.29 bits per heavy atom. The lowest BCUT2D eigenvalue weighted by molar-refractivity contribution is 0.102. The molecule has 0 radical (unpaired) electrons. The highest BCUT2D eigenvalue weighted by Crippen LogP contribution is 2.38. The van der Waals surface area contributed by atoms with Gasteiger partial charge in [-0.2, -0.15) is 5.10 Å². The van der Waals surface area contributed by atoms with Crippen molar-refractivity contribution in [2.24, 2.45) is 7.05 Å². The third-order valence-corrected chi connectivity index (χ3v) is 4.21. The van der Waals surface area contributed by atoms with Gasteiger partial charge < -0.3 is 14.8 Å². The number of ether oxygens (including phenoxy) is 2. The number of para-hydroxylation sites is 1. The maximum atomic E-state index is 12.3. The summed E-state index contributed by atoms with van der Waals surface area (Å²) < 4.78 is 12.3. The topological polar surface area (TPSA) is 78.3 Å². The summed E-state index contributed by atoms with van der Waals surface area (Å²) in [5.74, 6) is 0.924. The summed E-state index contributed by atoms with van der Waals surface area (Å²) in [6, 6.07) is 5.54. The highest BCUT2D eigenvalue weighted by molar-refractivity contribution is 7.13. The summed E-state index contributed by atoms with van der Waals surface area (Å²) in [6.45, 7) is 0. The zero-order valence-corrected chi connectivity index (χ0v) is 14.3. The minimum absolute atomic E-state index is 0.285. The fraction of sp³-hybridized carbons (Fsp3) is 0.188. The van der Waals surface area contributed by atoms with Crippen LogP contribution in [0.4, 0.5) is 5.69 Å². The number of thiazole rings is 1. The second-order valence-electron chi connectivity index (χ2n) is 4.94. The van der Waals surface area contributed by atoms with E-state index in [9.17, 15) is 4.79 Å². The summed E-state index contributed by atoms with van der Waals surface area (Å²) in [7, 11) is 4.94. The van der Waals surface area contributed by atoms with E-state index in [0.29, 0.717) is 27.9 Å². The van der Waals surface area contributed by atoms with Crippen molar-refractivity contribution in [1.82, 2.24) is 14.8 Å². The molecule has 0 spiro atoms. The number of methoxy groups -OCH3 is 2. The molecule has 0 fully saturated rings. The van der Waals surface area contributed by atoms with Gasteiger partial charge in [0.2, 0.25) is 0 Å². The van der Waals surface area contributed by atoms with Crippen molar-refractivity contribution < 1.29 is 14.3 Å². The minimum atomic E-state index is -0.285. The van der Waals surface area contributed by atoms with Crippen molar-refractivity contribution in [2.45, 2.75) is 0 Å². The van der Waals surface area contributed by atoms with Crippen LogP contribution >= 0.6 is 11.3 Å². The number of aromatic nitrogens is 3. The van der Waals surface area contributed by atoms with E-state index in [1.54, 1.807) is 43.7 Å². The summed E-state index contributed by atoms with van der Waals surface area (Å²) in [5, 5.41) is 9.16. The number of rotatable bonds is 5. The van der Waals surface area contributed by atoms with Crippen molar-refractivity contribution in [3.63, 3.8) is 0 Å². The molecule has 2 heterocycles. The number of nitrogens with zero attached hydrogens (tertiary/aromatic N) is 3. The lowest BCUT2D eigenvalue weighted by Gasteiger charge is -2.10. The fourth-order valence-electron chi connectivity index (χ4n) is 2.24. The van der Waals surface area contributed by atoms with E-state index < -0.39 is 0 Å². The third kappa shape index (κ3) is 3.09. The zero-order chi connectivity index (χ0) is 17.1. The summed E-state index contributed by atoms with van der Waals surface area (Å²) in [6.07, 6.45) is 3.30. The van der Waals surface area contributed by atoms with Gasteiger partial charge in [-0.1, -0.05) is 6.07 Å². The van der Waals surface area contributed by atoms with Crippen LogP contribution in [0.25, 0.3) is 10.6 Å². The number of benzene rings is 1. The summed E-state index contributed by atoms with van der Waals surface area (Å²) in [5.41, 5.74) is 1.74. The van der Waals surface area contributed by atoms with E-state index in [2.05, 4.69) is 15.4 Å². The largest absolute Gasteiger partial charge is 0.493 e. The molecular formula is C16H16N4O3S. The molecular weight excluding hydrogens is 328 g/mol. The molecule has 0 aliphatic heterocycles. The Morgan fingerprint density at radius 3 is 2.79 bits per heavy atom. The maximum absolute atomic E-state index is 12.3. The van der Waals surface area contributed by atoms with Crippen LogP contribution < -0.4 is 14.8 Å². The molecule has 0 aliphatic carbocycles. The Labute approximate surface area is 142 Å². The molecule has 0 saturated carbocycles. The smallest absolute Gasteiger partial charge is 0.275 e. The highest BCUT2D eigenvalue weighted by atomic mass is 32.1. The number of hydrogen-bond acceptors (Lipinski definition) is 6. The van der Waals surface area contributed by atoms with Crippen molar-refractivity contribution in [3.05, 3.63) is 41.7 Å². The fourth-order valence-corrected chi connectivity index (χ4v) is 3.06. The van der Waals surface area contributed by atoms with Crippen LogP contribution in [0.2, 0.25) is 0 Å². The van der Waals surface area contributed by atoms with E-state index in [0.717, 1.165) is 5.56 Å². The van der Waals surface area contributed by atoms with Crippen LogP contribution in [0.1, 0.15) is 10.5 Å².